The Morgan fingerprint density at radius 1 is 1.07 bits per heavy atom. The van der Waals surface area contributed by atoms with Gasteiger partial charge in [0.25, 0.3) is 5.91 Å². The first kappa shape index (κ1) is 20.3. The summed E-state index contributed by atoms with van der Waals surface area (Å²) in [6.45, 7) is -0.700. The van der Waals surface area contributed by atoms with Crippen molar-refractivity contribution < 1.29 is 22.4 Å². The molecule has 0 spiro atoms. The number of hydrogen-bond donors (Lipinski definition) is 2. The number of nitrogens with zero attached hydrogens (tertiary/aromatic N) is 2. The highest BCUT2D eigenvalue weighted by Gasteiger charge is 2.29. The summed E-state index contributed by atoms with van der Waals surface area (Å²) >= 11 is 0. The van der Waals surface area contributed by atoms with E-state index in [1.807, 2.05) is 0 Å². The Balaban J connectivity index is 2.35. The lowest BCUT2D eigenvalue weighted by Gasteiger charge is -2.27. The summed E-state index contributed by atoms with van der Waals surface area (Å²) in [4.78, 5) is 23.9. The van der Waals surface area contributed by atoms with E-state index < -0.39 is 34.4 Å². The van der Waals surface area contributed by atoms with Crippen LogP contribution in [0.4, 0.5) is 15.8 Å². The van der Waals surface area contributed by atoms with E-state index >= 15 is 0 Å². The second-order valence-electron chi connectivity index (χ2n) is 5.71. The molecule has 27 heavy (non-hydrogen) atoms. The largest absolute Gasteiger partial charge is 0.366 e. The van der Waals surface area contributed by atoms with Crippen LogP contribution >= 0.6 is 0 Å². The lowest BCUT2D eigenvalue weighted by molar-refractivity contribution is -0.114. The number of hydrogen-bond acceptors (Lipinski definition) is 4. The third-order valence-electron chi connectivity index (χ3n) is 3.61. The SMILES string of the molecule is CN(C)S(=O)(=O)N(CC(=O)Nc1ccccc1C(N)=O)c1ccccc1F. The average Bonchev–Trinajstić information content (AvgIpc) is 2.60. The quantitative estimate of drug-likeness (QED) is 0.734. The van der Waals surface area contributed by atoms with Crippen molar-refractivity contribution >= 4 is 33.4 Å². The maximum absolute atomic E-state index is 14.2. The summed E-state index contributed by atoms with van der Waals surface area (Å²) in [5, 5.41) is 2.44. The van der Waals surface area contributed by atoms with Crippen LogP contribution in [0.15, 0.2) is 48.5 Å². The van der Waals surface area contributed by atoms with Crippen molar-refractivity contribution in [2.45, 2.75) is 0 Å². The van der Waals surface area contributed by atoms with Crippen LogP contribution in [-0.2, 0) is 15.0 Å². The van der Waals surface area contributed by atoms with Gasteiger partial charge in [0, 0.05) is 14.1 Å². The number of carbonyl (C=O) groups is 2. The molecule has 144 valence electrons. The fourth-order valence-electron chi connectivity index (χ4n) is 2.27. The van der Waals surface area contributed by atoms with Gasteiger partial charge < -0.3 is 11.1 Å². The van der Waals surface area contributed by atoms with E-state index in [1.54, 1.807) is 12.1 Å². The smallest absolute Gasteiger partial charge is 0.304 e. The molecule has 0 heterocycles. The zero-order valence-corrected chi connectivity index (χ0v) is 15.5. The number of amides is 2. The zero-order chi connectivity index (χ0) is 20.2. The van der Waals surface area contributed by atoms with E-state index in [4.69, 9.17) is 5.73 Å². The molecule has 0 unspecified atom stereocenters. The number of para-hydroxylation sites is 2. The maximum Gasteiger partial charge on any atom is 0.304 e. The molecule has 0 atom stereocenters. The number of primary amides is 1. The number of benzene rings is 2. The Labute approximate surface area is 156 Å². The molecule has 0 aliphatic heterocycles. The number of nitrogens with two attached hydrogens (primary N) is 1. The standard InChI is InChI=1S/C17H19FN4O4S/c1-21(2)27(25,26)22(15-10-6-4-8-13(15)18)11-16(23)20-14-9-5-3-7-12(14)17(19)24/h3-10H,11H2,1-2H3,(H2,19,24)(H,20,23). The van der Waals surface area contributed by atoms with Crippen molar-refractivity contribution in [2.24, 2.45) is 5.73 Å². The molecule has 0 saturated carbocycles. The summed E-state index contributed by atoms with van der Waals surface area (Å²) in [6, 6.07) is 11.2. The summed E-state index contributed by atoms with van der Waals surface area (Å²) in [5.41, 5.74) is 5.18. The van der Waals surface area contributed by atoms with E-state index in [-0.39, 0.29) is 16.9 Å². The van der Waals surface area contributed by atoms with Gasteiger partial charge in [0.2, 0.25) is 5.91 Å². The van der Waals surface area contributed by atoms with Crippen LogP contribution in [0.5, 0.6) is 0 Å². The molecule has 8 nitrogen and oxygen atoms in total. The van der Waals surface area contributed by atoms with Crippen LogP contribution < -0.4 is 15.4 Å². The molecule has 2 aromatic carbocycles. The summed E-state index contributed by atoms with van der Waals surface area (Å²) in [7, 11) is -1.62. The predicted octanol–water partition coefficient (Wildman–Crippen LogP) is 1.18. The molecule has 2 aromatic rings. The molecule has 2 amide bonds. The van der Waals surface area contributed by atoms with Crippen LogP contribution in [0.25, 0.3) is 0 Å². The maximum atomic E-state index is 14.2. The molecule has 0 aromatic heterocycles. The van der Waals surface area contributed by atoms with Gasteiger partial charge in [-0.1, -0.05) is 24.3 Å². The predicted molar refractivity (Wildman–Crippen MR) is 99.9 cm³/mol. The lowest BCUT2D eigenvalue weighted by Crippen LogP contribution is -2.44. The molecule has 0 aliphatic carbocycles. The topological polar surface area (TPSA) is 113 Å². The molecule has 3 N–H and O–H groups in total. The van der Waals surface area contributed by atoms with Crippen LogP contribution in [0.2, 0.25) is 0 Å². The molecule has 0 radical (unpaired) electrons. The van der Waals surface area contributed by atoms with Gasteiger partial charge in [0.15, 0.2) is 0 Å². The monoisotopic (exact) mass is 394 g/mol. The minimum Gasteiger partial charge on any atom is -0.366 e. The number of carbonyl (C=O) groups excluding carboxylic acids is 2. The van der Waals surface area contributed by atoms with Gasteiger partial charge in [-0.25, -0.2) is 8.70 Å². The molecule has 0 aliphatic rings. The van der Waals surface area contributed by atoms with Crippen molar-refractivity contribution in [1.82, 2.24) is 4.31 Å². The Kier molecular flexibility index (Phi) is 6.13. The highest BCUT2D eigenvalue weighted by Crippen LogP contribution is 2.23. The van der Waals surface area contributed by atoms with Gasteiger partial charge in [-0.15, -0.1) is 0 Å². The van der Waals surface area contributed by atoms with Gasteiger partial charge in [0.1, 0.15) is 12.4 Å². The molecular formula is C17H19FN4O4S. The molecule has 0 saturated heterocycles. The number of rotatable bonds is 7. The first-order valence-corrected chi connectivity index (χ1v) is 9.17. The van der Waals surface area contributed by atoms with Gasteiger partial charge in [0.05, 0.1) is 16.9 Å². The second kappa shape index (κ2) is 8.14. The van der Waals surface area contributed by atoms with E-state index in [9.17, 15) is 22.4 Å². The lowest BCUT2D eigenvalue weighted by atomic mass is 10.1. The average molecular weight is 394 g/mol. The highest BCUT2D eigenvalue weighted by molar-refractivity contribution is 7.90. The molecule has 0 bridgehead atoms. The van der Waals surface area contributed by atoms with Gasteiger partial charge in [-0.05, 0) is 24.3 Å². The first-order valence-electron chi connectivity index (χ1n) is 7.78. The molecule has 2 rings (SSSR count). The van der Waals surface area contributed by atoms with Crippen molar-refractivity contribution in [2.75, 3.05) is 30.3 Å². The van der Waals surface area contributed by atoms with E-state index in [0.717, 1.165) is 10.4 Å². The number of anilines is 2. The van der Waals surface area contributed by atoms with Crippen LogP contribution in [0.1, 0.15) is 10.4 Å². The van der Waals surface area contributed by atoms with Crippen molar-refractivity contribution in [3.05, 3.63) is 59.9 Å². The van der Waals surface area contributed by atoms with E-state index in [2.05, 4.69) is 5.32 Å². The third-order valence-corrected chi connectivity index (χ3v) is 5.42. The number of nitrogens with one attached hydrogen (secondary N) is 1. The van der Waals surface area contributed by atoms with Gasteiger partial charge in [-0.3, -0.25) is 9.59 Å². The van der Waals surface area contributed by atoms with Gasteiger partial charge in [-0.2, -0.15) is 12.7 Å². The first-order chi connectivity index (χ1) is 12.6. The fraction of sp³-hybridized carbons (Fsp3) is 0.176. The van der Waals surface area contributed by atoms with E-state index in [1.165, 1.54) is 44.4 Å². The minimum atomic E-state index is -4.15. The highest BCUT2D eigenvalue weighted by atomic mass is 32.2. The Morgan fingerprint density at radius 2 is 1.67 bits per heavy atom. The van der Waals surface area contributed by atoms with Crippen LogP contribution in [-0.4, -0.2) is 45.2 Å². The molecule has 10 heteroatoms. The zero-order valence-electron chi connectivity index (χ0n) is 14.7. The van der Waals surface area contributed by atoms with Crippen LogP contribution in [0, 0.1) is 5.82 Å². The normalized spacial score (nSPS) is 11.3. The third kappa shape index (κ3) is 4.60. The van der Waals surface area contributed by atoms with E-state index in [0.29, 0.717) is 4.31 Å². The van der Waals surface area contributed by atoms with Gasteiger partial charge >= 0.3 is 10.2 Å². The van der Waals surface area contributed by atoms with Crippen molar-refractivity contribution in [1.29, 1.82) is 0 Å². The van der Waals surface area contributed by atoms with Crippen molar-refractivity contribution in [3.63, 3.8) is 0 Å². The summed E-state index contributed by atoms with van der Waals surface area (Å²) < 4.78 is 40.8. The van der Waals surface area contributed by atoms with Crippen LogP contribution in [0.3, 0.4) is 0 Å². The Hall–Kier alpha value is -2.98. The fourth-order valence-corrected chi connectivity index (χ4v) is 3.34. The number of halogens is 1. The molecular weight excluding hydrogens is 375 g/mol. The Morgan fingerprint density at radius 3 is 2.26 bits per heavy atom. The van der Waals surface area contributed by atoms with Crippen molar-refractivity contribution in [3.8, 4) is 0 Å². The molecule has 0 fully saturated rings. The summed E-state index contributed by atoms with van der Waals surface area (Å²) in [6.07, 6.45) is 0. The summed E-state index contributed by atoms with van der Waals surface area (Å²) in [5.74, 6) is -2.32. The minimum absolute atomic E-state index is 0.0683. The Bertz CT molecular complexity index is 963. The second-order valence-corrected chi connectivity index (χ2v) is 7.77.